The predicted octanol–water partition coefficient (Wildman–Crippen LogP) is 3.79. The van der Waals surface area contributed by atoms with Crippen LogP contribution in [0.25, 0.3) is 0 Å². The van der Waals surface area contributed by atoms with Crippen molar-refractivity contribution in [3.05, 3.63) is 30.3 Å². The molecule has 0 atom stereocenters. The standard InChI is InChI=1S/C13H18O/c1-13(10-6-3-7-11-13)14-12-8-4-2-5-9-12/h2,4-5,8-9H,3,6-7,10-11H2,1H3. The predicted molar refractivity (Wildman–Crippen MR) is 58.6 cm³/mol. The second kappa shape index (κ2) is 4.04. The van der Waals surface area contributed by atoms with Gasteiger partial charge in [0.15, 0.2) is 0 Å². The van der Waals surface area contributed by atoms with Gasteiger partial charge in [-0.2, -0.15) is 0 Å². The van der Waals surface area contributed by atoms with Gasteiger partial charge in [0.05, 0.1) is 0 Å². The van der Waals surface area contributed by atoms with Gasteiger partial charge in [-0.15, -0.1) is 0 Å². The lowest BCUT2D eigenvalue weighted by Gasteiger charge is -2.34. The topological polar surface area (TPSA) is 9.23 Å². The third-order valence-electron chi connectivity index (χ3n) is 3.02. The molecule has 0 unspecified atom stereocenters. The highest BCUT2D eigenvalue weighted by atomic mass is 16.5. The third-order valence-corrected chi connectivity index (χ3v) is 3.02. The van der Waals surface area contributed by atoms with Gasteiger partial charge >= 0.3 is 0 Å². The van der Waals surface area contributed by atoms with Crippen LogP contribution in [0.15, 0.2) is 30.3 Å². The minimum absolute atomic E-state index is 0.0829. The Bertz CT molecular complexity index is 273. The summed E-state index contributed by atoms with van der Waals surface area (Å²) in [5, 5.41) is 0. The third kappa shape index (κ3) is 2.28. The molecule has 1 aliphatic carbocycles. The van der Waals surface area contributed by atoms with Gasteiger partial charge in [0, 0.05) is 0 Å². The Morgan fingerprint density at radius 1 is 1.00 bits per heavy atom. The molecule has 1 aliphatic rings. The molecule has 2 rings (SSSR count). The second-order valence-corrected chi connectivity index (χ2v) is 4.43. The molecule has 1 aromatic rings. The van der Waals surface area contributed by atoms with Crippen LogP contribution in [0, 0.1) is 0 Å². The Morgan fingerprint density at radius 3 is 2.29 bits per heavy atom. The van der Waals surface area contributed by atoms with E-state index in [0.29, 0.717) is 0 Å². The SMILES string of the molecule is CC1(Oc2ccccc2)CCCCC1. The first-order valence-corrected chi connectivity index (χ1v) is 5.53. The number of ether oxygens (including phenoxy) is 1. The number of para-hydroxylation sites is 1. The highest BCUT2D eigenvalue weighted by molar-refractivity contribution is 5.22. The van der Waals surface area contributed by atoms with E-state index in [2.05, 4.69) is 6.92 Å². The fourth-order valence-corrected chi connectivity index (χ4v) is 2.17. The lowest BCUT2D eigenvalue weighted by molar-refractivity contribution is 0.0487. The van der Waals surface area contributed by atoms with E-state index in [0.717, 1.165) is 5.75 Å². The minimum Gasteiger partial charge on any atom is -0.488 e. The Kier molecular flexibility index (Phi) is 2.76. The maximum atomic E-state index is 6.04. The first kappa shape index (κ1) is 9.57. The normalized spacial score (nSPS) is 20.4. The van der Waals surface area contributed by atoms with Crippen LogP contribution in [0.4, 0.5) is 0 Å². The van der Waals surface area contributed by atoms with Crippen LogP contribution in [-0.2, 0) is 0 Å². The van der Waals surface area contributed by atoms with Gasteiger partial charge in [0.2, 0.25) is 0 Å². The summed E-state index contributed by atoms with van der Waals surface area (Å²) in [5.41, 5.74) is 0.0829. The summed E-state index contributed by atoms with van der Waals surface area (Å²) in [6.07, 6.45) is 6.38. The summed E-state index contributed by atoms with van der Waals surface area (Å²) in [6, 6.07) is 10.2. The second-order valence-electron chi connectivity index (χ2n) is 4.43. The summed E-state index contributed by atoms with van der Waals surface area (Å²) in [6.45, 7) is 2.24. The van der Waals surface area contributed by atoms with Gasteiger partial charge in [-0.25, -0.2) is 0 Å². The van der Waals surface area contributed by atoms with Gasteiger partial charge < -0.3 is 4.74 Å². The molecule has 1 nitrogen and oxygen atoms in total. The molecule has 1 heteroatoms. The summed E-state index contributed by atoms with van der Waals surface area (Å²) < 4.78 is 6.04. The van der Waals surface area contributed by atoms with Crippen LogP contribution in [-0.4, -0.2) is 5.60 Å². The average Bonchev–Trinajstić information content (AvgIpc) is 2.19. The molecule has 0 aliphatic heterocycles. The summed E-state index contributed by atoms with van der Waals surface area (Å²) in [5.74, 6) is 1.01. The molecule has 0 amide bonds. The molecule has 0 radical (unpaired) electrons. The van der Waals surface area contributed by atoms with E-state index in [1.54, 1.807) is 0 Å². The molecule has 0 heterocycles. The molecule has 1 aromatic carbocycles. The van der Waals surface area contributed by atoms with Crippen molar-refractivity contribution in [3.8, 4) is 5.75 Å². The lowest BCUT2D eigenvalue weighted by Crippen LogP contribution is -2.34. The quantitative estimate of drug-likeness (QED) is 0.689. The average molecular weight is 190 g/mol. The summed E-state index contributed by atoms with van der Waals surface area (Å²) in [7, 11) is 0. The molecule has 1 fully saturated rings. The van der Waals surface area contributed by atoms with E-state index in [9.17, 15) is 0 Å². The minimum atomic E-state index is 0.0829. The molecule has 0 spiro atoms. The monoisotopic (exact) mass is 190 g/mol. The molecule has 1 saturated carbocycles. The van der Waals surface area contributed by atoms with Crippen molar-refractivity contribution in [3.63, 3.8) is 0 Å². The number of hydrogen-bond donors (Lipinski definition) is 0. The highest BCUT2D eigenvalue weighted by Gasteiger charge is 2.28. The van der Waals surface area contributed by atoms with E-state index >= 15 is 0 Å². The number of benzene rings is 1. The fourth-order valence-electron chi connectivity index (χ4n) is 2.17. The van der Waals surface area contributed by atoms with Crippen LogP contribution in [0.2, 0.25) is 0 Å². The molecule has 0 N–H and O–H groups in total. The molecular formula is C13H18O. The molecule has 14 heavy (non-hydrogen) atoms. The van der Waals surface area contributed by atoms with Crippen molar-refractivity contribution in [2.24, 2.45) is 0 Å². The first-order chi connectivity index (χ1) is 6.79. The van der Waals surface area contributed by atoms with E-state index in [1.165, 1.54) is 32.1 Å². The highest BCUT2D eigenvalue weighted by Crippen LogP contribution is 2.32. The van der Waals surface area contributed by atoms with E-state index in [1.807, 2.05) is 30.3 Å². The zero-order valence-corrected chi connectivity index (χ0v) is 8.83. The Labute approximate surface area is 86.1 Å². The smallest absolute Gasteiger partial charge is 0.120 e. The number of rotatable bonds is 2. The van der Waals surface area contributed by atoms with E-state index in [4.69, 9.17) is 4.74 Å². The van der Waals surface area contributed by atoms with Crippen LogP contribution in [0.5, 0.6) is 5.75 Å². The maximum absolute atomic E-state index is 6.04. The van der Waals surface area contributed by atoms with E-state index in [-0.39, 0.29) is 5.60 Å². The summed E-state index contributed by atoms with van der Waals surface area (Å²) in [4.78, 5) is 0. The van der Waals surface area contributed by atoms with E-state index < -0.39 is 0 Å². The maximum Gasteiger partial charge on any atom is 0.120 e. The molecule has 0 saturated heterocycles. The van der Waals surface area contributed by atoms with Gasteiger partial charge in [0.25, 0.3) is 0 Å². The zero-order chi connectivity index (χ0) is 9.86. The first-order valence-electron chi connectivity index (χ1n) is 5.53. The largest absolute Gasteiger partial charge is 0.488 e. The number of hydrogen-bond acceptors (Lipinski definition) is 1. The van der Waals surface area contributed by atoms with Crippen molar-refractivity contribution in [2.45, 2.75) is 44.6 Å². The van der Waals surface area contributed by atoms with Gasteiger partial charge in [-0.3, -0.25) is 0 Å². The van der Waals surface area contributed by atoms with Crippen LogP contribution in [0.1, 0.15) is 39.0 Å². The van der Waals surface area contributed by atoms with Crippen molar-refractivity contribution in [2.75, 3.05) is 0 Å². The molecule has 76 valence electrons. The Morgan fingerprint density at radius 2 is 1.64 bits per heavy atom. The van der Waals surface area contributed by atoms with Crippen molar-refractivity contribution >= 4 is 0 Å². The molecular weight excluding hydrogens is 172 g/mol. The lowest BCUT2D eigenvalue weighted by atomic mass is 9.86. The summed E-state index contributed by atoms with van der Waals surface area (Å²) >= 11 is 0. The van der Waals surface area contributed by atoms with Gasteiger partial charge in [-0.05, 0) is 44.7 Å². The zero-order valence-electron chi connectivity index (χ0n) is 8.83. The van der Waals surface area contributed by atoms with Gasteiger partial charge in [0.1, 0.15) is 11.4 Å². The Balaban J connectivity index is 2.02. The van der Waals surface area contributed by atoms with Crippen molar-refractivity contribution < 1.29 is 4.74 Å². The van der Waals surface area contributed by atoms with Crippen LogP contribution >= 0.6 is 0 Å². The molecule has 0 bridgehead atoms. The van der Waals surface area contributed by atoms with Crippen LogP contribution in [0.3, 0.4) is 0 Å². The molecule has 0 aromatic heterocycles. The fraction of sp³-hybridized carbons (Fsp3) is 0.538. The van der Waals surface area contributed by atoms with Gasteiger partial charge in [-0.1, -0.05) is 24.6 Å². The Hall–Kier alpha value is -0.980. The van der Waals surface area contributed by atoms with Crippen molar-refractivity contribution in [1.29, 1.82) is 0 Å². The van der Waals surface area contributed by atoms with Crippen LogP contribution < -0.4 is 4.74 Å². The van der Waals surface area contributed by atoms with Crippen molar-refractivity contribution in [1.82, 2.24) is 0 Å².